The van der Waals surface area contributed by atoms with Crippen LogP contribution in [0.25, 0.3) is 0 Å². The maximum Gasteiger partial charge on any atom is 0.282 e. The van der Waals surface area contributed by atoms with Crippen LogP contribution in [0.15, 0.2) is 0 Å². The third-order valence-corrected chi connectivity index (χ3v) is 3.94. The number of hydrogen-bond donors (Lipinski definition) is 2. The van der Waals surface area contributed by atoms with Gasteiger partial charge in [0.2, 0.25) is 0 Å². The van der Waals surface area contributed by atoms with Gasteiger partial charge in [-0.15, -0.1) is 0 Å². The highest BCUT2D eigenvalue weighted by Gasteiger charge is 2.25. The summed E-state index contributed by atoms with van der Waals surface area (Å²) in [5.41, 5.74) is 5.12. The first kappa shape index (κ1) is 13.3. The molecule has 14 heavy (non-hydrogen) atoms. The molecule has 0 aromatic rings. The number of rotatable bonds is 5. The van der Waals surface area contributed by atoms with E-state index in [0.29, 0.717) is 0 Å². The van der Waals surface area contributed by atoms with Crippen molar-refractivity contribution >= 4 is 16.0 Å². The van der Waals surface area contributed by atoms with Crippen molar-refractivity contribution in [1.29, 1.82) is 5.41 Å². The highest BCUT2D eigenvalue weighted by molar-refractivity contribution is 7.86. The van der Waals surface area contributed by atoms with Gasteiger partial charge in [0.25, 0.3) is 10.2 Å². The molecule has 6 nitrogen and oxygen atoms in total. The smallest absolute Gasteiger partial charge is 0.282 e. The molecule has 7 heteroatoms. The Bertz CT molecular complexity index is 299. The molecule has 0 spiro atoms. The Balaban J connectivity index is 4.70. The number of nitrogens with zero attached hydrogens (tertiary/aromatic N) is 2. The molecule has 0 atom stereocenters. The van der Waals surface area contributed by atoms with E-state index in [-0.39, 0.29) is 18.4 Å². The van der Waals surface area contributed by atoms with Crippen molar-refractivity contribution in [2.24, 2.45) is 5.73 Å². The summed E-state index contributed by atoms with van der Waals surface area (Å²) in [5.74, 6) is -0.173. The first-order chi connectivity index (χ1) is 6.19. The number of nitrogens with two attached hydrogens (primary N) is 1. The number of hydrogen-bond acceptors (Lipinski definition) is 3. The molecule has 0 radical (unpaired) electrons. The second kappa shape index (κ2) is 4.72. The van der Waals surface area contributed by atoms with E-state index in [1.54, 1.807) is 13.8 Å². The molecule has 0 bridgehead atoms. The average Bonchev–Trinajstić information content (AvgIpc) is 2.01. The van der Waals surface area contributed by atoms with E-state index in [1.807, 2.05) is 0 Å². The van der Waals surface area contributed by atoms with Crippen LogP contribution in [0.2, 0.25) is 0 Å². The highest BCUT2D eigenvalue weighted by Crippen LogP contribution is 2.06. The molecule has 84 valence electrons. The van der Waals surface area contributed by atoms with Gasteiger partial charge in [0, 0.05) is 20.1 Å². The van der Waals surface area contributed by atoms with Gasteiger partial charge in [0.1, 0.15) is 5.84 Å². The molecule has 0 amide bonds. The Kier molecular flexibility index (Phi) is 4.50. The Morgan fingerprint density at radius 1 is 1.43 bits per heavy atom. The lowest BCUT2D eigenvalue weighted by molar-refractivity contribution is 0.369. The Morgan fingerprint density at radius 2 is 1.86 bits per heavy atom. The largest absolute Gasteiger partial charge is 0.387 e. The topological polar surface area (TPSA) is 90.5 Å². The van der Waals surface area contributed by atoms with Crippen molar-refractivity contribution < 1.29 is 8.42 Å². The van der Waals surface area contributed by atoms with E-state index in [4.69, 9.17) is 11.1 Å². The molecule has 0 aliphatic heterocycles. The van der Waals surface area contributed by atoms with Crippen molar-refractivity contribution in [2.45, 2.75) is 19.9 Å². The molecule has 0 saturated heterocycles. The molecule has 0 aliphatic carbocycles. The molecule has 0 aromatic carbocycles. The van der Waals surface area contributed by atoms with E-state index < -0.39 is 10.2 Å². The van der Waals surface area contributed by atoms with Crippen LogP contribution in [0.3, 0.4) is 0 Å². The lowest BCUT2D eigenvalue weighted by Crippen LogP contribution is -2.45. The monoisotopic (exact) mass is 222 g/mol. The van der Waals surface area contributed by atoms with Gasteiger partial charge in [-0.3, -0.25) is 5.41 Å². The zero-order chi connectivity index (χ0) is 11.5. The van der Waals surface area contributed by atoms with Crippen molar-refractivity contribution in [3.8, 4) is 0 Å². The Labute approximate surface area is 85.4 Å². The van der Waals surface area contributed by atoms with Gasteiger partial charge in [0.15, 0.2) is 0 Å². The normalized spacial score (nSPS) is 12.8. The molecule has 0 heterocycles. The van der Waals surface area contributed by atoms with Crippen molar-refractivity contribution in [3.05, 3.63) is 0 Å². The minimum atomic E-state index is -3.49. The molecule has 0 rings (SSSR count). The number of likely N-dealkylation sites (N-methyl/N-ethyl adjacent to an activating group) is 1. The third kappa shape index (κ3) is 3.24. The van der Waals surface area contributed by atoms with Crippen LogP contribution in [-0.2, 0) is 10.2 Å². The van der Waals surface area contributed by atoms with Crippen LogP contribution in [0, 0.1) is 5.41 Å². The van der Waals surface area contributed by atoms with E-state index >= 15 is 0 Å². The third-order valence-electron chi connectivity index (χ3n) is 1.88. The van der Waals surface area contributed by atoms with E-state index in [9.17, 15) is 8.42 Å². The summed E-state index contributed by atoms with van der Waals surface area (Å²) >= 11 is 0. The van der Waals surface area contributed by atoms with Crippen LogP contribution < -0.4 is 5.73 Å². The minimum Gasteiger partial charge on any atom is -0.387 e. The fraction of sp³-hybridized carbons (Fsp3) is 0.857. The van der Waals surface area contributed by atoms with Gasteiger partial charge in [-0.2, -0.15) is 17.0 Å². The van der Waals surface area contributed by atoms with E-state index in [2.05, 4.69) is 0 Å². The summed E-state index contributed by atoms with van der Waals surface area (Å²) in [5, 5.41) is 7.01. The van der Waals surface area contributed by atoms with Crippen LogP contribution >= 0.6 is 0 Å². The van der Waals surface area contributed by atoms with Crippen LogP contribution in [-0.4, -0.2) is 49.5 Å². The standard InChI is InChI=1S/C7H18N4O2S/c1-6(2)11(4)14(12,13)10(3)5-7(8)9/h6H,5H2,1-4H3,(H3,8,9). The minimum absolute atomic E-state index is 0.0839. The van der Waals surface area contributed by atoms with Gasteiger partial charge in [-0.1, -0.05) is 0 Å². The predicted octanol–water partition coefficient (Wildman–Crippen LogP) is -0.561. The lowest BCUT2D eigenvalue weighted by atomic mass is 10.4. The molecular formula is C7H18N4O2S. The van der Waals surface area contributed by atoms with Gasteiger partial charge in [-0.25, -0.2) is 0 Å². The van der Waals surface area contributed by atoms with Crippen LogP contribution in [0.1, 0.15) is 13.8 Å². The summed E-state index contributed by atoms with van der Waals surface area (Å²) in [6.07, 6.45) is 0. The van der Waals surface area contributed by atoms with Crippen LogP contribution in [0.4, 0.5) is 0 Å². The fourth-order valence-corrected chi connectivity index (χ4v) is 2.08. The van der Waals surface area contributed by atoms with Gasteiger partial charge in [0.05, 0.1) is 6.54 Å². The Hall–Kier alpha value is -0.660. The molecule has 0 saturated carbocycles. The average molecular weight is 222 g/mol. The first-order valence-corrected chi connectivity index (χ1v) is 5.61. The lowest BCUT2D eigenvalue weighted by Gasteiger charge is -2.26. The van der Waals surface area contributed by atoms with Crippen molar-refractivity contribution in [1.82, 2.24) is 8.61 Å². The number of amidine groups is 1. The SMILES string of the molecule is CC(C)N(C)S(=O)(=O)N(C)CC(=N)N. The van der Waals surface area contributed by atoms with Crippen molar-refractivity contribution in [3.63, 3.8) is 0 Å². The molecule has 0 aromatic heterocycles. The van der Waals surface area contributed by atoms with Crippen molar-refractivity contribution in [2.75, 3.05) is 20.6 Å². The summed E-state index contributed by atoms with van der Waals surface area (Å²) < 4.78 is 25.7. The Morgan fingerprint density at radius 3 is 2.14 bits per heavy atom. The van der Waals surface area contributed by atoms with Gasteiger partial charge in [-0.05, 0) is 13.8 Å². The quantitative estimate of drug-likeness (QED) is 0.482. The molecular weight excluding hydrogens is 204 g/mol. The zero-order valence-electron chi connectivity index (χ0n) is 8.98. The second-order valence-electron chi connectivity index (χ2n) is 3.40. The maximum atomic E-state index is 11.7. The molecule has 0 fully saturated rings. The molecule has 0 unspecified atom stereocenters. The maximum absolute atomic E-state index is 11.7. The highest BCUT2D eigenvalue weighted by atomic mass is 32.2. The molecule has 3 N–H and O–H groups in total. The number of nitrogens with one attached hydrogen (secondary N) is 1. The predicted molar refractivity (Wildman–Crippen MR) is 56.4 cm³/mol. The van der Waals surface area contributed by atoms with Crippen LogP contribution in [0.5, 0.6) is 0 Å². The first-order valence-electron chi connectivity index (χ1n) is 4.21. The zero-order valence-corrected chi connectivity index (χ0v) is 9.80. The molecule has 0 aliphatic rings. The van der Waals surface area contributed by atoms with E-state index in [1.165, 1.54) is 18.4 Å². The second-order valence-corrected chi connectivity index (χ2v) is 5.49. The van der Waals surface area contributed by atoms with Gasteiger partial charge < -0.3 is 5.73 Å². The van der Waals surface area contributed by atoms with E-state index in [0.717, 1.165) is 4.31 Å². The fourth-order valence-electron chi connectivity index (χ4n) is 0.808. The van der Waals surface area contributed by atoms with Gasteiger partial charge >= 0.3 is 0 Å². The summed E-state index contributed by atoms with van der Waals surface area (Å²) in [4.78, 5) is 0. The summed E-state index contributed by atoms with van der Waals surface area (Å²) in [6.45, 7) is 3.47. The summed E-state index contributed by atoms with van der Waals surface area (Å²) in [7, 11) is -0.592. The summed E-state index contributed by atoms with van der Waals surface area (Å²) in [6, 6.07) is -0.116.